The molecule has 0 aliphatic carbocycles. The summed E-state index contributed by atoms with van der Waals surface area (Å²) in [5.41, 5.74) is 2.93. The lowest BCUT2D eigenvalue weighted by atomic mass is 9.95. The second-order valence-electron chi connectivity index (χ2n) is 11.3. The Kier molecular flexibility index (Phi) is 11.4. The van der Waals surface area contributed by atoms with Gasteiger partial charge < -0.3 is 14.4 Å². The van der Waals surface area contributed by atoms with Crippen molar-refractivity contribution in [3.8, 4) is 0 Å². The number of likely N-dealkylation sites (tertiary alicyclic amines) is 1. The van der Waals surface area contributed by atoms with E-state index in [-0.39, 0.29) is 50.0 Å². The van der Waals surface area contributed by atoms with Gasteiger partial charge >= 0.3 is 12.2 Å². The summed E-state index contributed by atoms with van der Waals surface area (Å²) in [6.07, 6.45) is 2.25. The lowest BCUT2D eigenvalue weighted by Crippen LogP contribution is -2.41. The fraction of sp³-hybridized carbons (Fsp3) is 0.211. The van der Waals surface area contributed by atoms with Crippen molar-refractivity contribution in [1.82, 2.24) is 9.80 Å². The molecule has 10 heteroatoms. The predicted molar refractivity (Wildman–Crippen MR) is 173 cm³/mol. The second kappa shape index (κ2) is 16.3. The van der Waals surface area contributed by atoms with E-state index in [0.29, 0.717) is 17.5 Å². The highest BCUT2D eigenvalue weighted by atomic mass is 19.1. The fourth-order valence-electron chi connectivity index (χ4n) is 5.46. The first-order valence-corrected chi connectivity index (χ1v) is 15.5. The highest BCUT2D eigenvalue weighted by Gasteiger charge is 2.33. The quantitative estimate of drug-likeness (QED) is 0.211. The van der Waals surface area contributed by atoms with Gasteiger partial charge in [-0.25, -0.2) is 18.4 Å². The van der Waals surface area contributed by atoms with Gasteiger partial charge in [-0.2, -0.15) is 0 Å². The Morgan fingerprint density at radius 1 is 0.667 bits per heavy atom. The fourth-order valence-corrected chi connectivity index (χ4v) is 5.46. The van der Waals surface area contributed by atoms with E-state index in [2.05, 4.69) is 0 Å². The molecule has 6 rings (SSSR count). The molecular formula is C38H34F2N2O6. The van der Waals surface area contributed by atoms with E-state index in [4.69, 9.17) is 9.47 Å². The van der Waals surface area contributed by atoms with Crippen molar-refractivity contribution in [2.75, 3.05) is 6.54 Å². The number of rotatable bonds is 6. The number of ether oxygens (including phenoxy) is 2. The topological polar surface area (TPSA) is 93.2 Å². The molecule has 1 saturated heterocycles. The van der Waals surface area contributed by atoms with Crippen LogP contribution in [0.2, 0.25) is 0 Å². The van der Waals surface area contributed by atoms with Crippen molar-refractivity contribution >= 4 is 23.8 Å². The van der Waals surface area contributed by atoms with Crippen molar-refractivity contribution in [2.45, 2.75) is 44.6 Å². The number of piperidine rings is 1. The lowest BCUT2D eigenvalue weighted by molar-refractivity contribution is -0.122. The summed E-state index contributed by atoms with van der Waals surface area (Å²) in [6.45, 7) is 0.585. The summed E-state index contributed by atoms with van der Waals surface area (Å²) in [7, 11) is 0. The van der Waals surface area contributed by atoms with E-state index >= 15 is 0 Å². The molecule has 48 heavy (non-hydrogen) atoms. The average Bonchev–Trinajstić information content (AvgIpc) is 3.10. The van der Waals surface area contributed by atoms with E-state index in [1.54, 1.807) is 24.3 Å². The number of nitrogens with zero attached hydrogens (tertiary/aromatic N) is 2. The molecule has 8 nitrogen and oxygen atoms in total. The Balaban J connectivity index is 0.000000188. The molecule has 246 valence electrons. The minimum atomic E-state index is -0.572. The Morgan fingerprint density at radius 2 is 1.21 bits per heavy atom. The third-order valence-corrected chi connectivity index (χ3v) is 7.90. The maximum atomic E-state index is 13.5. The second-order valence-corrected chi connectivity index (χ2v) is 11.3. The van der Waals surface area contributed by atoms with Crippen LogP contribution in [0.1, 0.15) is 53.6 Å². The van der Waals surface area contributed by atoms with Gasteiger partial charge in [0.15, 0.2) is 5.78 Å². The molecule has 0 aromatic heterocycles. The number of hydrogen-bond donors (Lipinski definition) is 0. The molecule has 4 aromatic carbocycles. The highest BCUT2D eigenvalue weighted by Crippen LogP contribution is 2.31. The minimum Gasteiger partial charge on any atom is -0.445 e. The van der Waals surface area contributed by atoms with E-state index in [9.17, 15) is 28.0 Å². The summed E-state index contributed by atoms with van der Waals surface area (Å²) < 4.78 is 37.7. The molecule has 0 saturated carbocycles. The van der Waals surface area contributed by atoms with Gasteiger partial charge in [-0.1, -0.05) is 84.9 Å². The largest absolute Gasteiger partial charge is 0.445 e. The van der Waals surface area contributed by atoms with E-state index in [0.717, 1.165) is 11.1 Å². The van der Waals surface area contributed by atoms with E-state index in [1.165, 1.54) is 46.3 Å². The Bertz CT molecular complexity index is 1770. The van der Waals surface area contributed by atoms with Crippen molar-refractivity contribution in [3.63, 3.8) is 0 Å². The van der Waals surface area contributed by atoms with Crippen molar-refractivity contribution in [2.24, 2.45) is 0 Å². The summed E-state index contributed by atoms with van der Waals surface area (Å²) >= 11 is 0. The maximum Gasteiger partial charge on any atom is 0.414 e. The van der Waals surface area contributed by atoms with Crippen LogP contribution in [0.15, 0.2) is 121 Å². The smallest absolute Gasteiger partial charge is 0.414 e. The molecule has 0 N–H and O–H groups in total. The highest BCUT2D eigenvalue weighted by molar-refractivity contribution is 5.92. The van der Waals surface area contributed by atoms with Gasteiger partial charge in [0.1, 0.15) is 30.6 Å². The first-order valence-electron chi connectivity index (χ1n) is 15.5. The van der Waals surface area contributed by atoms with Gasteiger partial charge in [-0.15, -0.1) is 0 Å². The van der Waals surface area contributed by atoms with Crippen LogP contribution in [-0.2, 0) is 32.3 Å². The van der Waals surface area contributed by atoms with Gasteiger partial charge in [0.25, 0.3) is 0 Å². The molecule has 2 aliphatic heterocycles. The molecular weight excluding hydrogens is 618 g/mol. The van der Waals surface area contributed by atoms with Gasteiger partial charge in [0, 0.05) is 32.0 Å². The van der Waals surface area contributed by atoms with Gasteiger partial charge in [0.05, 0.1) is 12.1 Å². The normalized spacial score (nSPS) is 17.3. The molecule has 0 bridgehead atoms. The van der Waals surface area contributed by atoms with Crippen LogP contribution in [0, 0.1) is 11.6 Å². The third-order valence-electron chi connectivity index (χ3n) is 7.90. The van der Waals surface area contributed by atoms with Crippen molar-refractivity contribution < 1.29 is 37.4 Å². The van der Waals surface area contributed by atoms with Gasteiger partial charge in [0.2, 0.25) is 0 Å². The first-order chi connectivity index (χ1) is 23.3. The minimum absolute atomic E-state index is 0.0661. The molecule has 2 atom stereocenters. The number of hydrogen-bond acceptors (Lipinski definition) is 6. The molecule has 0 spiro atoms. The zero-order valence-electron chi connectivity index (χ0n) is 26.0. The third kappa shape index (κ3) is 9.22. The number of benzene rings is 4. The molecule has 1 fully saturated rings. The summed E-state index contributed by atoms with van der Waals surface area (Å²) in [4.78, 5) is 51.2. The molecule has 0 radical (unpaired) electrons. The van der Waals surface area contributed by atoms with Crippen molar-refractivity contribution in [1.29, 1.82) is 0 Å². The van der Waals surface area contributed by atoms with Gasteiger partial charge in [-0.3, -0.25) is 14.5 Å². The van der Waals surface area contributed by atoms with Gasteiger partial charge in [-0.05, 0) is 52.6 Å². The van der Waals surface area contributed by atoms with Crippen LogP contribution in [0.5, 0.6) is 0 Å². The molecule has 2 aliphatic rings. The van der Waals surface area contributed by atoms with Crippen LogP contribution < -0.4 is 0 Å². The number of amides is 2. The van der Waals surface area contributed by atoms with Crippen LogP contribution in [0.25, 0.3) is 0 Å². The van der Waals surface area contributed by atoms with Crippen LogP contribution in [0.4, 0.5) is 18.4 Å². The monoisotopic (exact) mass is 652 g/mol. The number of carbonyl (C=O) groups is 4. The Labute approximate surface area is 277 Å². The summed E-state index contributed by atoms with van der Waals surface area (Å²) in [5, 5.41) is 0. The number of carbonyl (C=O) groups excluding carboxylic acids is 4. The van der Waals surface area contributed by atoms with E-state index in [1.807, 2.05) is 60.7 Å². The number of Topliss-reactive ketones (excluding diaryl/α,β-unsaturated/α-hetero) is 1. The molecule has 2 amide bonds. The number of allylic oxidation sites excluding steroid dienone is 1. The van der Waals surface area contributed by atoms with Crippen LogP contribution >= 0.6 is 0 Å². The van der Waals surface area contributed by atoms with E-state index < -0.39 is 30.1 Å². The summed E-state index contributed by atoms with van der Waals surface area (Å²) in [6, 6.07) is 29.5. The zero-order valence-corrected chi connectivity index (χ0v) is 26.0. The lowest BCUT2D eigenvalue weighted by Gasteiger charge is -2.34. The standard InChI is InChI=1S/C19H18FNO3.C19H16FNO3/c2*20-16-8-4-7-15(11-16)18-12-17(22)9-10-21(18)19(23)24-13-14-5-2-1-3-6-14/h1-8,11,18H,9-10,12-13H2;1-11,18H,12-13H2. The predicted octanol–water partition coefficient (Wildman–Crippen LogP) is 7.86. The Hall–Kier alpha value is -5.64. The average molecular weight is 653 g/mol. The van der Waals surface area contributed by atoms with Crippen molar-refractivity contribution in [3.05, 3.63) is 155 Å². The number of halogens is 2. The molecule has 4 aromatic rings. The Morgan fingerprint density at radius 3 is 1.77 bits per heavy atom. The molecule has 2 heterocycles. The summed E-state index contributed by atoms with van der Waals surface area (Å²) in [5.74, 6) is -0.844. The first kappa shape index (κ1) is 33.7. The maximum absolute atomic E-state index is 13.5. The molecule has 2 unspecified atom stereocenters. The zero-order chi connectivity index (χ0) is 33.9. The van der Waals surface area contributed by atoms with Crippen LogP contribution in [-0.4, -0.2) is 40.1 Å². The van der Waals surface area contributed by atoms with Crippen LogP contribution in [0.3, 0.4) is 0 Å². The number of ketones is 2. The SMILES string of the molecule is O=C1C=CN(C(=O)OCc2ccccc2)C(c2cccc(F)c2)C1.O=C1CCN(C(=O)OCc2ccccc2)C(c2cccc(F)c2)C1.